The van der Waals surface area contributed by atoms with Gasteiger partial charge in [0.15, 0.2) is 0 Å². The highest BCUT2D eigenvalue weighted by Crippen LogP contribution is 2.39. The predicted octanol–water partition coefficient (Wildman–Crippen LogP) is 2.96. The normalized spacial score (nSPS) is 17.7. The van der Waals surface area contributed by atoms with Crippen molar-refractivity contribution in [1.82, 2.24) is 10.3 Å². The fourth-order valence-corrected chi connectivity index (χ4v) is 3.23. The molecule has 1 aromatic carbocycles. The van der Waals surface area contributed by atoms with Crippen LogP contribution < -0.4 is 16.0 Å². The predicted molar refractivity (Wildman–Crippen MR) is 103 cm³/mol. The first-order valence-corrected chi connectivity index (χ1v) is 8.90. The maximum atomic E-state index is 12.4. The summed E-state index contributed by atoms with van der Waals surface area (Å²) in [6, 6.07) is 7.87. The van der Waals surface area contributed by atoms with Crippen molar-refractivity contribution in [3.8, 4) is 0 Å². The maximum absolute atomic E-state index is 12.4. The zero-order chi connectivity index (χ0) is 19.6. The van der Waals surface area contributed by atoms with E-state index in [1.165, 1.54) is 19.3 Å². The molecule has 0 bridgehead atoms. The molecule has 1 aromatic heterocycles. The zero-order valence-corrected chi connectivity index (χ0v) is 15.8. The van der Waals surface area contributed by atoms with E-state index in [-0.39, 0.29) is 45.1 Å². The molecule has 27 heavy (non-hydrogen) atoms. The van der Waals surface area contributed by atoms with Gasteiger partial charge in [0.2, 0.25) is 11.8 Å². The van der Waals surface area contributed by atoms with Gasteiger partial charge in [0.1, 0.15) is 5.82 Å². The van der Waals surface area contributed by atoms with Crippen LogP contribution in [-0.4, -0.2) is 29.8 Å². The Balaban J connectivity index is 1.67. The summed E-state index contributed by atoms with van der Waals surface area (Å²) in [4.78, 5) is 40.2. The van der Waals surface area contributed by atoms with Gasteiger partial charge in [0.05, 0.1) is 27.4 Å². The van der Waals surface area contributed by atoms with E-state index in [1.807, 2.05) is 0 Å². The summed E-state index contributed by atoms with van der Waals surface area (Å²) in [6.45, 7) is 0. The molecule has 1 saturated carbocycles. The van der Waals surface area contributed by atoms with Crippen LogP contribution in [0.1, 0.15) is 16.8 Å². The molecular weight excluding hydrogens is 391 g/mol. The van der Waals surface area contributed by atoms with Crippen LogP contribution in [0.25, 0.3) is 0 Å². The largest absolute Gasteiger partial charge is 0.359 e. The van der Waals surface area contributed by atoms with Crippen LogP contribution in [0.15, 0.2) is 36.5 Å². The van der Waals surface area contributed by atoms with Crippen molar-refractivity contribution >= 4 is 52.4 Å². The number of pyridine rings is 1. The number of nitrogens with zero attached hydrogens (tertiary/aromatic N) is 1. The SMILES string of the molecule is CNC(=O)[C@@H]1C[C@H]1C(=O)Nc1cc(NC(=O)c2c(Cl)cccc2Cl)ccn1. The fraction of sp³-hybridized carbons (Fsp3) is 0.222. The molecule has 3 amide bonds. The van der Waals surface area contributed by atoms with Crippen molar-refractivity contribution < 1.29 is 14.4 Å². The van der Waals surface area contributed by atoms with Crippen LogP contribution in [0.2, 0.25) is 10.0 Å². The van der Waals surface area contributed by atoms with Crippen LogP contribution in [0.3, 0.4) is 0 Å². The van der Waals surface area contributed by atoms with Crippen LogP contribution in [0.4, 0.5) is 11.5 Å². The average molecular weight is 407 g/mol. The molecule has 1 heterocycles. The highest BCUT2D eigenvalue weighted by molar-refractivity contribution is 6.40. The first-order valence-electron chi connectivity index (χ1n) is 8.14. The maximum Gasteiger partial charge on any atom is 0.258 e. The third kappa shape index (κ3) is 4.37. The standard InChI is InChI=1S/C18H16Cl2N4O3/c1-21-16(25)10-8-11(10)17(26)24-14-7-9(5-6-22-14)23-18(27)15-12(19)3-2-4-13(15)20/h2-7,10-11H,8H2,1H3,(H,21,25)(H2,22,23,24,26,27)/t10-,11-/m1/s1. The summed E-state index contributed by atoms with van der Waals surface area (Å²) in [6.07, 6.45) is 1.95. The first kappa shape index (κ1) is 19.1. The Morgan fingerprint density at radius 2 is 1.70 bits per heavy atom. The summed E-state index contributed by atoms with van der Waals surface area (Å²) < 4.78 is 0. The van der Waals surface area contributed by atoms with Gasteiger partial charge in [0.25, 0.3) is 5.91 Å². The van der Waals surface area contributed by atoms with E-state index < -0.39 is 5.91 Å². The van der Waals surface area contributed by atoms with Gasteiger partial charge in [-0.05, 0) is 24.6 Å². The number of hydrogen-bond donors (Lipinski definition) is 3. The van der Waals surface area contributed by atoms with Crippen molar-refractivity contribution in [2.45, 2.75) is 6.42 Å². The minimum atomic E-state index is -0.476. The minimum Gasteiger partial charge on any atom is -0.359 e. The topological polar surface area (TPSA) is 100 Å². The van der Waals surface area contributed by atoms with Crippen LogP contribution >= 0.6 is 23.2 Å². The number of anilines is 2. The van der Waals surface area contributed by atoms with E-state index in [9.17, 15) is 14.4 Å². The summed E-state index contributed by atoms with van der Waals surface area (Å²) in [5.41, 5.74) is 0.578. The molecule has 7 nitrogen and oxygen atoms in total. The molecule has 9 heteroatoms. The van der Waals surface area contributed by atoms with Gasteiger partial charge in [-0.2, -0.15) is 0 Å². The molecule has 0 radical (unpaired) electrons. The van der Waals surface area contributed by atoms with Gasteiger partial charge in [-0.3, -0.25) is 14.4 Å². The molecule has 2 aromatic rings. The van der Waals surface area contributed by atoms with E-state index in [0.29, 0.717) is 12.1 Å². The fourth-order valence-electron chi connectivity index (χ4n) is 2.66. The Labute approximate surface area is 165 Å². The number of benzene rings is 1. The van der Waals surface area contributed by atoms with Crippen molar-refractivity contribution in [3.63, 3.8) is 0 Å². The van der Waals surface area contributed by atoms with Crippen LogP contribution in [-0.2, 0) is 9.59 Å². The lowest BCUT2D eigenvalue weighted by Gasteiger charge is -2.10. The Kier molecular flexibility index (Phi) is 5.62. The van der Waals surface area contributed by atoms with E-state index in [1.54, 1.807) is 24.3 Å². The molecule has 0 aliphatic heterocycles. The number of carbonyl (C=O) groups excluding carboxylic acids is 3. The summed E-state index contributed by atoms with van der Waals surface area (Å²) in [7, 11) is 1.54. The number of amides is 3. The van der Waals surface area contributed by atoms with Crippen molar-refractivity contribution in [2.24, 2.45) is 11.8 Å². The number of hydrogen-bond acceptors (Lipinski definition) is 4. The number of carbonyl (C=O) groups is 3. The van der Waals surface area contributed by atoms with E-state index >= 15 is 0 Å². The van der Waals surface area contributed by atoms with E-state index in [4.69, 9.17) is 23.2 Å². The second-order valence-corrected chi connectivity index (χ2v) is 6.85. The second kappa shape index (κ2) is 7.94. The van der Waals surface area contributed by atoms with Gasteiger partial charge in [0, 0.05) is 25.0 Å². The smallest absolute Gasteiger partial charge is 0.258 e. The summed E-state index contributed by atoms with van der Waals surface area (Å²) in [5.74, 6) is -1.32. The number of halogens is 2. The molecule has 3 N–H and O–H groups in total. The molecule has 0 unspecified atom stereocenters. The van der Waals surface area contributed by atoms with Gasteiger partial charge in [-0.1, -0.05) is 29.3 Å². The van der Waals surface area contributed by atoms with Crippen molar-refractivity contribution in [1.29, 1.82) is 0 Å². The molecule has 1 aliphatic rings. The minimum absolute atomic E-state index is 0.152. The highest BCUT2D eigenvalue weighted by Gasteiger charge is 2.47. The van der Waals surface area contributed by atoms with Gasteiger partial charge < -0.3 is 16.0 Å². The Hall–Kier alpha value is -2.64. The highest BCUT2D eigenvalue weighted by atomic mass is 35.5. The van der Waals surface area contributed by atoms with Crippen LogP contribution in [0.5, 0.6) is 0 Å². The average Bonchev–Trinajstić information content (AvgIpc) is 3.42. The second-order valence-electron chi connectivity index (χ2n) is 6.03. The van der Waals surface area contributed by atoms with Gasteiger partial charge in [-0.15, -0.1) is 0 Å². The number of nitrogens with one attached hydrogen (secondary N) is 3. The van der Waals surface area contributed by atoms with E-state index in [0.717, 1.165) is 0 Å². The molecule has 140 valence electrons. The lowest BCUT2D eigenvalue weighted by Crippen LogP contribution is -2.24. The summed E-state index contributed by atoms with van der Waals surface area (Å²) in [5, 5.41) is 8.32. The van der Waals surface area contributed by atoms with Crippen LogP contribution in [0, 0.1) is 11.8 Å². The molecule has 2 atom stereocenters. The molecular formula is C18H16Cl2N4O3. The number of rotatable bonds is 5. The third-order valence-corrected chi connectivity index (χ3v) is 4.80. The van der Waals surface area contributed by atoms with Crippen molar-refractivity contribution in [3.05, 3.63) is 52.1 Å². The molecule has 3 rings (SSSR count). The van der Waals surface area contributed by atoms with Crippen molar-refractivity contribution in [2.75, 3.05) is 17.7 Å². The lowest BCUT2D eigenvalue weighted by atomic mass is 10.2. The molecule has 1 aliphatic carbocycles. The Morgan fingerprint density at radius 3 is 2.37 bits per heavy atom. The Bertz CT molecular complexity index is 899. The Morgan fingerprint density at radius 1 is 1.04 bits per heavy atom. The van der Waals surface area contributed by atoms with Gasteiger partial charge in [-0.25, -0.2) is 4.98 Å². The number of aromatic nitrogens is 1. The molecule has 0 spiro atoms. The molecule has 0 saturated heterocycles. The first-order chi connectivity index (χ1) is 12.9. The van der Waals surface area contributed by atoms with E-state index in [2.05, 4.69) is 20.9 Å². The zero-order valence-electron chi connectivity index (χ0n) is 14.3. The molecule has 1 fully saturated rings. The third-order valence-electron chi connectivity index (χ3n) is 4.17. The lowest BCUT2D eigenvalue weighted by molar-refractivity contribution is -0.124. The quantitative estimate of drug-likeness (QED) is 0.710. The van der Waals surface area contributed by atoms with Gasteiger partial charge >= 0.3 is 0 Å². The monoisotopic (exact) mass is 406 g/mol. The summed E-state index contributed by atoms with van der Waals surface area (Å²) >= 11 is 12.1.